The summed E-state index contributed by atoms with van der Waals surface area (Å²) in [5.41, 5.74) is 0.926. The van der Waals surface area contributed by atoms with Crippen LogP contribution in [0.5, 0.6) is 0 Å². The highest BCUT2D eigenvalue weighted by molar-refractivity contribution is 7.15. The number of halogens is 1. The lowest BCUT2D eigenvalue weighted by Gasteiger charge is -2.23. The highest BCUT2D eigenvalue weighted by Crippen LogP contribution is 2.28. The van der Waals surface area contributed by atoms with Crippen molar-refractivity contribution >= 4 is 22.4 Å². The molecule has 0 spiro atoms. The summed E-state index contributed by atoms with van der Waals surface area (Å²) in [7, 11) is 0. The van der Waals surface area contributed by atoms with Crippen molar-refractivity contribution in [2.45, 2.75) is 51.6 Å². The van der Waals surface area contributed by atoms with E-state index < -0.39 is 0 Å². The van der Waals surface area contributed by atoms with E-state index in [0.717, 1.165) is 30.0 Å². The fourth-order valence-corrected chi connectivity index (χ4v) is 3.71. The topological polar surface area (TPSA) is 58.1 Å². The average molecular weight is 362 g/mol. The van der Waals surface area contributed by atoms with Gasteiger partial charge in [0.25, 0.3) is 0 Å². The molecule has 5 nitrogen and oxygen atoms in total. The predicted octanol–water partition coefficient (Wildman–Crippen LogP) is 3.58. The van der Waals surface area contributed by atoms with Crippen LogP contribution >= 0.6 is 11.3 Å². The van der Waals surface area contributed by atoms with Crippen molar-refractivity contribution in [3.63, 3.8) is 0 Å². The Kier molecular flexibility index (Phi) is 5.15. The van der Waals surface area contributed by atoms with Crippen LogP contribution in [0.3, 0.4) is 0 Å². The van der Waals surface area contributed by atoms with Crippen LogP contribution in [0.25, 0.3) is 0 Å². The van der Waals surface area contributed by atoms with Gasteiger partial charge >= 0.3 is 0 Å². The van der Waals surface area contributed by atoms with Gasteiger partial charge in [-0.1, -0.05) is 44.2 Å². The molecule has 0 aliphatic carbocycles. The molecule has 0 bridgehead atoms. The Morgan fingerprint density at radius 2 is 2.04 bits per heavy atom. The zero-order valence-electron chi connectivity index (χ0n) is 14.8. The molecule has 2 aromatic rings. The normalized spacial score (nSPS) is 18.5. The summed E-state index contributed by atoms with van der Waals surface area (Å²) in [5, 5.41) is 12.6. The third-order valence-corrected chi connectivity index (χ3v) is 5.53. The van der Waals surface area contributed by atoms with Gasteiger partial charge in [-0.25, -0.2) is 4.39 Å². The molecular formula is C18H23FN4OS. The van der Waals surface area contributed by atoms with Crippen LogP contribution in [0.1, 0.15) is 44.2 Å². The van der Waals surface area contributed by atoms with E-state index in [0.29, 0.717) is 11.7 Å². The van der Waals surface area contributed by atoms with Crippen molar-refractivity contribution in [3.05, 3.63) is 40.7 Å². The first-order valence-corrected chi connectivity index (χ1v) is 9.28. The largest absolute Gasteiger partial charge is 0.299 e. The number of likely N-dealkylation sites (tertiary alicyclic amines) is 1. The highest BCUT2D eigenvalue weighted by atomic mass is 32.1. The third kappa shape index (κ3) is 4.41. The summed E-state index contributed by atoms with van der Waals surface area (Å²) < 4.78 is 13.0. The lowest BCUT2D eigenvalue weighted by Crippen LogP contribution is -2.39. The Morgan fingerprint density at radius 3 is 2.68 bits per heavy atom. The number of carbonyl (C=O) groups excluding carboxylic acids is 1. The van der Waals surface area contributed by atoms with Gasteiger partial charge in [0.1, 0.15) is 10.8 Å². The van der Waals surface area contributed by atoms with Gasteiger partial charge < -0.3 is 0 Å². The smallest absolute Gasteiger partial charge is 0.243 e. The molecule has 1 fully saturated rings. The van der Waals surface area contributed by atoms with Gasteiger partial charge in [0, 0.05) is 12.0 Å². The molecule has 1 aromatic carbocycles. The molecule has 25 heavy (non-hydrogen) atoms. The lowest BCUT2D eigenvalue weighted by molar-refractivity contribution is -0.120. The Bertz CT molecular complexity index is 738. The molecule has 3 rings (SSSR count). The van der Waals surface area contributed by atoms with Crippen LogP contribution in [0.2, 0.25) is 0 Å². The van der Waals surface area contributed by atoms with Crippen LogP contribution in [-0.4, -0.2) is 33.6 Å². The zero-order valence-corrected chi connectivity index (χ0v) is 15.6. The Labute approximate surface area is 151 Å². The average Bonchev–Trinajstić information content (AvgIpc) is 3.18. The van der Waals surface area contributed by atoms with E-state index in [1.54, 1.807) is 12.1 Å². The first-order chi connectivity index (χ1) is 11.8. The van der Waals surface area contributed by atoms with Crippen molar-refractivity contribution in [1.29, 1.82) is 0 Å². The van der Waals surface area contributed by atoms with Gasteiger partial charge in [0.15, 0.2) is 0 Å². The molecule has 1 saturated heterocycles. The maximum absolute atomic E-state index is 13.0. The summed E-state index contributed by atoms with van der Waals surface area (Å²) in [4.78, 5) is 14.8. The first kappa shape index (κ1) is 17.9. The second kappa shape index (κ2) is 7.17. The van der Waals surface area contributed by atoms with E-state index in [1.165, 1.54) is 23.5 Å². The number of nitrogens with one attached hydrogen (secondary N) is 1. The minimum Gasteiger partial charge on any atom is -0.299 e. The summed E-state index contributed by atoms with van der Waals surface area (Å²) >= 11 is 1.42. The zero-order chi connectivity index (χ0) is 18.0. The fourth-order valence-electron chi connectivity index (χ4n) is 2.90. The van der Waals surface area contributed by atoms with Crippen molar-refractivity contribution < 1.29 is 9.18 Å². The van der Waals surface area contributed by atoms with Crippen LogP contribution in [0.4, 0.5) is 9.52 Å². The highest BCUT2D eigenvalue weighted by Gasteiger charge is 2.31. The monoisotopic (exact) mass is 362 g/mol. The fraction of sp³-hybridized carbons (Fsp3) is 0.500. The molecule has 1 amide bonds. The number of carbonyl (C=O) groups is 1. The molecule has 2 heterocycles. The van der Waals surface area contributed by atoms with Crippen molar-refractivity contribution in [3.8, 4) is 0 Å². The van der Waals surface area contributed by atoms with Crippen LogP contribution < -0.4 is 5.32 Å². The maximum Gasteiger partial charge on any atom is 0.243 e. The van der Waals surface area contributed by atoms with E-state index in [9.17, 15) is 9.18 Å². The molecule has 1 aliphatic rings. The molecule has 1 atom stereocenters. The maximum atomic E-state index is 13.0. The van der Waals surface area contributed by atoms with E-state index >= 15 is 0 Å². The van der Waals surface area contributed by atoms with Crippen molar-refractivity contribution in [2.75, 3.05) is 11.9 Å². The van der Waals surface area contributed by atoms with Gasteiger partial charge in [-0.2, -0.15) is 0 Å². The number of amides is 1. The first-order valence-electron chi connectivity index (χ1n) is 8.46. The number of anilines is 1. The number of benzene rings is 1. The van der Waals surface area contributed by atoms with Crippen LogP contribution in [0.15, 0.2) is 24.3 Å². The standard InChI is InChI=1S/C18H23FN4OS/c1-18(2,3)16-21-22-17(25-16)20-15(24)14-5-4-10-23(14)11-12-6-8-13(19)9-7-12/h6-9,14H,4-5,10-11H2,1-3H3,(H,20,22,24)/t14-/m1/s1. The second-order valence-electron chi connectivity index (χ2n) is 7.41. The van der Waals surface area contributed by atoms with Crippen molar-refractivity contribution in [1.82, 2.24) is 15.1 Å². The molecule has 134 valence electrons. The molecule has 0 unspecified atom stereocenters. The minimum atomic E-state index is -0.245. The summed E-state index contributed by atoms with van der Waals surface area (Å²) in [5.74, 6) is -0.290. The minimum absolute atomic E-state index is 0.0452. The second-order valence-corrected chi connectivity index (χ2v) is 8.38. The SMILES string of the molecule is CC(C)(C)c1nnc(NC(=O)[C@H]2CCCN2Cc2ccc(F)cc2)s1. The molecule has 1 N–H and O–H groups in total. The van der Waals surface area contributed by atoms with Gasteiger partial charge in [-0.05, 0) is 37.1 Å². The van der Waals surface area contributed by atoms with E-state index in [2.05, 4.69) is 41.2 Å². The third-order valence-electron chi connectivity index (χ3n) is 4.26. The molecular weight excluding hydrogens is 339 g/mol. The summed E-state index contributed by atoms with van der Waals surface area (Å²) in [6.45, 7) is 7.71. The van der Waals surface area contributed by atoms with Gasteiger partial charge in [-0.15, -0.1) is 10.2 Å². The van der Waals surface area contributed by atoms with Gasteiger partial charge in [-0.3, -0.25) is 15.0 Å². The quantitative estimate of drug-likeness (QED) is 0.903. The number of rotatable bonds is 4. The Hall–Kier alpha value is -1.86. The van der Waals surface area contributed by atoms with Gasteiger partial charge in [0.2, 0.25) is 11.0 Å². The van der Waals surface area contributed by atoms with E-state index in [-0.39, 0.29) is 23.2 Å². The van der Waals surface area contributed by atoms with Crippen molar-refractivity contribution in [2.24, 2.45) is 0 Å². The van der Waals surface area contributed by atoms with Crippen LogP contribution in [0, 0.1) is 5.82 Å². The molecule has 1 aromatic heterocycles. The van der Waals surface area contributed by atoms with Crippen LogP contribution in [-0.2, 0) is 16.8 Å². The predicted molar refractivity (Wildman–Crippen MR) is 97.1 cm³/mol. The van der Waals surface area contributed by atoms with E-state index in [1.807, 2.05) is 0 Å². The molecule has 1 aliphatic heterocycles. The Balaban J connectivity index is 1.64. The number of hydrogen-bond acceptors (Lipinski definition) is 5. The van der Waals surface area contributed by atoms with Gasteiger partial charge in [0.05, 0.1) is 6.04 Å². The molecule has 0 saturated carbocycles. The summed E-state index contributed by atoms with van der Waals surface area (Å²) in [6, 6.07) is 6.25. The number of aromatic nitrogens is 2. The molecule has 0 radical (unpaired) electrons. The van der Waals surface area contributed by atoms with E-state index in [4.69, 9.17) is 0 Å². The Morgan fingerprint density at radius 1 is 1.32 bits per heavy atom. The number of nitrogens with zero attached hydrogens (tertiary/aromatic N) is 3. The lowest BCUT2D eigenvalue weighted by atomic mass is 9.98. The molecule has 7 heteroatoms. The summed E-state index contributed by atoms with van der Waals surface area (Å²) in [6.07, 6.45) is 1.79. The number of hydrogen-bond donors (Lipinski definition) is 1.